The highest BCUT2D eigenvalue weighted by Gasteiger charge is 2.53. The van der Waals surface area contributed by atoms with Gasteiger partial charge in [-0.2, -0.15) is 13.2 Å². The lowest BCUT2D eigenvalue weighted by Crippen LogP contribution is -2.38. The standard InChI is InChI=1S/C32H35F4N3O2/c1-4-9-23-17-25(41-29-11-6-7-15-37-29)19-39-30(23)28-18-26-21(3)12-13-24(40)16-22(27(26)20-38-28)10-8-14-31(33,5-2)32(34,35)36/h5-7,11,15,17-22H,2,4,8-10,12-14,16H2,1,3H3. The topological polar surface area (TPSA) is 65.0 Å². The number of aryl methyl sites for hydroxylation is 1. The summed E-state index contributed by atoms with van der Waals surface area (Å²) in [5.41, 5.74) is 0.747. The van der Waals surface area contributed by atoms with Gasteiger partial charge in [0.25, 0.3) is 0 Å². The van der Waals surface area contributed by atoms with Crippen molar-refractivity contribution < 1.29 is 27.1 Å². The van der Waals surface area contributed by atoms with E-state index in [1.807, 2.05) is 31.2 Å². The van der Waals surface area contributed by atoms with Crippen LogP contribution in [0.2, 0.25) is 0 Å². The maximum absolute atomic E-state index is 14.5. The predicted molar refractivity (Wildman–Crippen MR) is 150 cm³/mol. The molecule has 0 fully saturated rings. The number of aromatic nitrogens is 3. The van der Waals surface area contributed by atoms with Crippen LogP contribution < -0.4 is 4.74 Å². The van der Waals surface area contributed by atoms with Crippen molar-refractivity contribution in [3.8, 4) is 23.0 Å². The molecule has 9 heteroatoms. The number of ether oxygens (including phenoxy) is 1. The zero-order chi connectivity index (χ0) is 29.6. The first-order valence-electron chi connectivity index (χ1n) is 14.0. The Morgan fingerprint density at radius 1 is 1.10 bits per heavy atom. The zero-order valence-corrected chi connectivity index (χ0v) is 23.4. The van der Waals surface area contributed by atoms with Gasteiger partial charge in [0.15, 0.2) is 0 Å². The number of hydrogen-bond acceptors (Lipinski definition) is 5. The third-order valence-electron chi connectivity index (χ3n) is 7.72. The molecule has 41 heavy (non-hydrogen) atoms. The molecule has 0 saturated carbocycles. The fourth-order valence-corrected chi connectivity index (χ4v) is 5.38. The summed E-state index contributed by atoms with van der Waals surface area (Å²) in [6, 6.07) is 9.34. The fourth-order valence-electron chi connectivity index (χ4n) is 5.38. The van der Waals surface area contributed by atoms with Crippen LogP contribution in [0.3, 0.4) is 0 Å². The van der Waals surface area contributed by atoms with Gasteiger partial charge < -0.3 is 4.74 Å². The molecule has 0 spiro atoms. The van der Waals surface area contributed by atoms with E-state index < -0.39 is 18.3 Å². The van der Waals surface area contributed by atoms with Crippen molar-refractivity contribution in [2.24, 2.45) is 0 Å². The zero-order valence-electron chi connectivity index (χ0n) is 23.4. The Morgan fingerprint density at radius 3 is 2.59 bits per heavy atom. The van der Waals surface area contributed by atoms with Crippen LogP contribution in [-0.4, -0.2) is 32.6 Å². The monoisotopic (exact) mass is 569 g/mol. The molecule has 3 unspecified atom stereocenters. The quantitative estimate of drug-likeness (QED) is 0.180. The summed E-state index contributed by atoms with van der Waals surface area (Å²) >= 11 is 0. The molecular formula is C32H35F4N3O2. The number of hydrogen-bond donors (Lipinski definition) is 0. The number of halogens is 4. The number of allylic oxidation sites excluding steroid dienone is 1. The summed E-state index contributed by atoms with van der Waals surface area (Å²) in [5, 5.41) is 0. The number of carbonyl (C=O) groups excluding carboxylic acids is 1. The van der Waals surface area contributed by atoms with Gasteiger partial charge in [-0.25, -0.2) is 9.37 Å². The van der Waals surface area contributed by atoms with E-state index in [4.69, 9.17) is 14.7 Å². The van der Waals surface area contributed by atoms with Crippen LogP contribution in [0.15, 0.2) is 61.6 Å². The van der Waals surface area contributed by atoms with E-state index in [2.05, 4.69) is 18.5 Å². The van der Waals surface area contributed by atoms with Gasteiger partial charge in [0.05, 0.1) is 17.6 Å². The van der Waals surface area contributed by atoms with Gasteiger partial charge in [0.1, 0.15) is 11.5 Å². The Labute approximate surface area is 238 Å². The number of alkyl halides is 4. The van der Waals surface area contributed by atoms with E-state index in [1.54, 1.807) is 24.7 Å². The molecule has 0 bridgehead atoms. The van der Waals surface area contributed by atoms with Crippen LogP contribution >= 0.6 is 0 Å². The Kier molecular flexibility index (Phi) is 9.56. The molecule has 0 amide bonds. The predicted octanol–water partition coefficient (Wildman–Crippen LogP) is 8.85. The normalized spacial score (nSPS) is 19.0. The first kappa shape index (κ1) is 30.3. The Morgan fingerprint density at radius 2 is 1.90 bits per heavy atom. The minimum Gasteiger partial charge on any atom is -0.437 e. The summed E-state index contributed by atoms with van der Waals surface area (Å²) < 4.78 is 60.1. The molecular weight excluding hydrogens is 534 g/mol. The van der Waals surface area contributed by atoms with Crippen molar-refractivity contribution >= 4 is 5.78 Å². The average Bonchev–Trinajstić information content (AvgIpc) is 2.95. The van der Waals surface area contributed by atoms with E-state index in [0.717, 1.165) is 35.2 Å². The van der Waals surface area contributed by atoms with Gasteiger partial charge in [-0.15, -0.1) is 0 Å². The lowest BCUT2D eigenvalue weighted by Gasteiger charge is -2.28. The minimum atomic E-state index is -5.03. The Balaban J connectivity index is 1.64. The van der Waals surface area contributed by atoms with E-state index in [1.165, 1.54) is 0 Å². The third-order valence-corrected chi connectivity index (χ3v) is 7.72. The molecule has 0 aliphatic heterocycles. The van der Waals surface area contributed by atoms with Gasteiger partial charge in [-0.3, -0.25) is 14.8 Å². The molecule has 1 aliphatic carbocycles. The minimum absolute atomic E-state index is 0.0310. The van der Waals surface area contributed by atoms with Crippen molar-refractivity contribution in [1.82, 2.24) is 15.0 Å². The van der Waals surface area contributed by atoms with E-state index in [-0.39, 0.29) is 36.9 Å². The van der Waals surface area contributed by atoms with Crippen LogP contribution in [0, 0.1) is 0 Å². The highest BCUT2D eigenvalue weighted by atomic mass is 19.4. The molecule has 0 saturated heterocycles. The second kappa shape index (κ2) is 12.9. The van der Waals surface area contributed by atoms with Gasteiger partial charge >= 0.3 is 6.18 Å². The van der Waals surface area contributed by atoms with Gasteiger partial charge in [-0.1, -0.05) is 32.9 Å². The molecule has 3 heterocycles. The Bertz CT molecular complexity index is 1360. The second-order valence-electron chi connectivity index (χ2n) is 10.7. The highest BCUT2D eigenvalue weighted by Crippen LogP contribution is 2.42. The van der Waals surface area contributed by atoms with Crippen LogP contribution in [0.1, 0.15) is 87.3 Å². The van der Waals surface area contributed by atoms with Gasteiger partial charge in [0.2, 0.25) is 11.5 Å². The molecule has 3 aromatic rings. The summed E-state index contributed by atoms with van der Waals surface area (Å²) in [6.45, 7) is 7.17. The van der Waals surface area contributed by atoms with Crippen LogP contribution in [0.4, 0.5) is 17.6 Å². The summed E-state index contributed by atoms with van der Waals surface area (Å²) in [5.74, 6) is 0.769. The lowest BCUT2D eigenvalue weighted by atomic mass is 9.78. The van der Waals surface area contributed by atoms with Crippen LogP contribution in [-0.2, 0) is 11.2 Å². The molecule has 0 aromatic carbocycles. The summed E-state index contributed by atoms with van der Waals surface area (Å²) in [4.78, 5) is 26.2. The number of nitrogens with zero attached hydrogens (tertiary/aromatic N) is 3. The maximum atomic E-state index is 14.5. The van der Waals surface area contributed by atoms with Crippen molar-refractivity contribution in [2.45, 2.75) is 88.9 Å². The number of rotatable bonds is 10. The second-order valence-corrected chi connectivity index (χ2v) is 10.7. The van der Waals surface area contributed by atoms with Crippen LogP contribution in [0.25, 0.3) is 11.4 Å². The summed E-state index contributed by atoms with van der Waals surface area (Å²) in [6.07, 6.45) is 2.62. The molecule has 3 aromatic heterocycles. The number of pyridine rings is 3. The fraction of sp³-hybridized carbons (Fsp3) is 0.438. The lowest BCUT2D eigenvalue weighted by molar-refractivity contribution is -0.214. The first-order chi connectivity index (χ1) is 19.5. The summed E-state index contributed by atoms with van der Waals surface area (Å²) in [7, 11) is 0. The van der Waals surface area contributed by atoms with E-state index in [0.29, 0.717) is 36.2 Å². The Hall–Kier alpha value is -3.62. The van der Waals surface area contributed by atoms with Crippen molar-refractivity contribution in [2.75, 3.05) is 0 Å². The van der Waals surface area contributed by atoms with Crippen molar-refractivity contribution in [3.05, 3.63) is 78.3 Å². The number of ketones is 1. The SMILES string of the molecule is C=CC(F)(CCCC1CC(=O)CCC(C)c2cc(-c3ncc(Oc4ccccn4)cc3CCC)ncc21)C(F)(F)F. The largest absolute Gasteiger partial charge is 0.437 e. The van der Waals surface area contributed by atoms with Gasteiger partial charge in [0, 0.05) is 31.3 Å². The molecule has 4 rings (SSSR count). The molecule has 0 radical (unpaired) electrons. The molecule has 3 atom stereocenters. The van der Waals surface area contributed by atoms with E-state index >= 15 is 0 Å². The number of Topliss-reactive ketones (excluding diaryl/α,β-unsaturated/α-hetero) is 1. The molecule has 0 N–H and O–H groups in total. The molecule has 1 aliphatic rings. The molecule has 218 valence electrons. The average molecular weight is 570 g/mol. The van der Waals surface area contributed by atoms with Crippen molar-refractivity contribution in [1.29, 1.82) is 0 Å². The van der Waals surface area contributed by atoms with Crippen molar-refractivity contribution in [3.63, 3.8) is 0 Å². The van der Waals surface area contributed by atoms with E-state index in [9.17, 15) is 22.4 Å². The maximum Gasteiger partial charge on any atom is 0.426 e. The van der Waals surface area contributed by atoms with Crippen LogP contribution in [0.5, 0.6) is 11.6 Å². The highest BCUT2D eigenvalue weighted by molar-refractivity contribution is 5.80. The first-order valence-corrected chi connectivity index (χ1v) is 14.0. The number of carbonyl (C=O) groups is 1. The van der Waals surface area contributed by atoms with Gasteiger partial charge in [-0.05, 0) is 84.9 Å². The number of fused-ring (bicyclic) bond motifs is 1. The third kappa shape index (κ3) is 7.18. The molecule has 5 nitrogen and oxygen atoms in total. The smallest absolute Gasteiger partial charge is 0.426 e.